The smallest absolute Gasteiger partial charge is 0.236 e. The number of rotatable bonds is 3. The molecule has 2 aliphatic rings. The van der Waals surface area contributed by atoms with Gasteiger partial charge in [0.05, 0.1) is 12.6 Å². The van der Waals surface area contributed by atoms with E-state index in [0.29, 0.717) is 12.6 Å². The minimum Gasteiger partial charge on any atom is -0.391 e. The van der Waals surface area contributed by atoms with Gasteiger partial charge in [-0.05, 0) is 32.4 Å². The Balaban J connectivity index is 1.84. The van der Waals surface area contributed by atoms with Crippen molar-refractivity contribution in [2.75, 3.05) is 46.8 Å². The van der Waals surface area contributed by atoms with Crippen LogP contribution in [0, 0.1) is 0 Å². The SMILES string of the molecule is CN(C)C(=O)CN1CCCN([C@H]2CCCC[C@H]2O)CC1. The topological polar surface area (TPSA) is 47.0 Å². The number of hydrogen-bond acceptors (Lipinski definition) is 4. The van der Waals surface area contributed by atoms with Gasteiger partial charge in [0.1, 0.15) is 0 Å². The first-order valence-electron chi connectivity index (χ1n) is 7.92. The Morgan fingerprint density at radius 1 is 1.10 bits per heavy atom. The van der Waals surface area contributed by atoms with Crippen LogP contribution in [-0.4, -0.2) is 84.7 Å². The van der Waals surface area contributed by atoms with Gasteiger partial charge >= 0.3 is 0 Å². The summed E-state index contributed by atoms with van der Waals surface area (Å²) in [5, 5.41) is 10.2. The van der Waals surface area contributed by atoms with Crippen LogP contribution in [0.25, 0.3) is 0 Å². The molecule has 20 heavy (non-hydrogen) atoms. The Morgan fingerprint density at radius 2 is 1.85 bits per heavy atom. The summed E-state index contributed by atoms with van der Waals surface area (Å²) < 4.78 is 0. The number of aliphatic hydroxyl groups excluding tert-OH is 1. The van der Waals surface area contributed by atoms with Crippen LogP contribution in [0.1, 0.15) is 32.1 Å². The second-order valence-corrected chi connectivity index (χ2v) is 6.37. The normalized spacial score (nSPS) is 29.9. The highest BCUT2D eigenvalue weighted by atomic mass is 16.3. The van der Waals surface area contributed by atoms with Crippen LogP contribution < -0.4 is 0 Å². The zero-order chi connectivity index (χ0) is 14.5. The molecule has 5 nitrogen and oxygen atoms in total. The highest BCUT2D eigenvalue weighted by Crippen LogP contribution is 2.24. The average molecular weight is 283 g/mol. The summed E-state index contributed by atoms with van der Waals surface area (Å²) in [6.45, 7) is 4.46. The van der Waals surface area contributed by atoms with Crippen molar-refractivity contribution in [1.29, 1.82) is 0 Å². The van der Waals surface area contributed by atoms with Crippen molar-refractivity contribution in [3.63, 3.8) is 0 Å². The molecule has 2 fully saturated rings. The molecule has 2 atom stereocenters. The van der Waals surface area contributed by atoms with Crippen molar-refractivity contribution in [2.45, 2.75) is 44.2 Å². The molecule has 1 heterocycles. The Kier molecular flexibility index (Phi) is 5.81. The molecular formula is C15H29N3O2. The van der Waals surface area contributed by atoms with Crippen LogP contribution in [-0.2, 0) is 4.79 Å². The second-order valence-electron chi connectivity index (χ2n) is 6.37. The monoisotopic (exact) mass is 283 g/mol. The molecule has 1 saturated carbocycles. The third kappa shape index (κ3) is 4.17. The molecule has 1 aliphatic heterocycles. The fourth-order valence-electron chi connectivity index (χ4n) is 3.33. The largest absolute Gasteiger partial charge is 0.391 e. The first kappa shape index (κ1) is 15.7. The summed E-state index contributed by atoms with van der Waals surface area (Å²) in [5.74, 6) is 0.177. The lowest BCUT2D eigenvalue weighted by Gasteiger charge is -2.37. The molecule has 1 N–H and O–H groups in total. The van der Waals surface area contributed by atoms with Crippen molar-refractivity contribution < 1.29 is 9.90 Å². The molecule has 0 aromatic carbocycles. The van der Waals surface area contributed by atoms with E-state index < -0.39 is 0 Å². The van der Waals surface area contributed by atoms with Gasteiger partial charge in [0.25, 0.3) is 0 Å². The number of hydrogen-bond donors (Lipinski definition) is 1. The fourth-order valence-corrected chi connectivity index (χ4v) is 3.33. The van der Waals surface area contributed by atoms with Crippen LogP contribution in [0.5, 0.6) is 0 Å². The molecule has 0 unspecified atom stereocenters. The van der Waals surface area contributed by atoms with Crippen LogP contribution >= 0.6 is 0 Å². The molecule has 1 saturated heterocycles. The van der Waals surface area contributed by atoms with E-state index in [4.69, 9.17) is 0 Å². The number of carbonyl (C=O) groups is 1. The van der Waals surface area contributed by atoms with Gasteiger partial charge in [-0.1, -0.05) is 12.8 Å². The Labute approximate surface area is 122 Å². The van der Waals surface area contributed by atoms with Crippen LogP contribution in [0.4, 0.5) is 0 Å². The molecule has 0 aromatic heterocycles. The van der Waals surface area contributed by atoms with Gasteiger partial charge in [-0.25, -0.2) is 0 Å². The number of carbonyl (C=O) groups excluding carboxylic acids is 1. The maximum atomic E-state index is 11.8. The molecular weight excluding hydrogens is 254 g/mol. The van der Waals surface area contributed by atoms with Crippen LogP contribution in [0.3, 0.4) is 0 Å². The van der Waals surface area contributed by atoms with E-state index in [-0.39, 0.29) is 12.0 Å². The predicted molar refractivity (Wildman–Crippen MR) is 79.6 cm³/mol. The van der Waals surface area contributed by atoms with Crippen molar-refractivity contribution >= 4 is 5.91 Å². The quantitative estimate of drug-likeness (QED) is 0.814. The number of amides is 1. The average Bonchev–Trinajstić information content (AvgIpc) is 2.65. The van der Waals surface area contributed by atoms with Gasteiger partial charge in [0.15, 0.2) is 0 Å². The highest BCUT2D eigenvalue weighted by molar-refractivity contribution is 5.77. The van der Waals surface area contributed by atoms with E-state index >= 15 is 0 Å². The molecule has 0 bridgehead atoms. The van der Waals surface area contributed by atoms with Crippen molar-refractivity contribution in [3.8, 4) is 0 Å². The fraction of sp³-hybridized carbons (Fsp3) is 0.933. The molecule has 1 aliphatic carbocycles. The molecule has 116 valence electrons. The number of likely N-dealkylation sites (N-methyl/N-ethyl adjacent to an activating group) is 1. The standard InChI is InChI=1S/C15H29N3O2/c1-16(2)15(20)12-17-8-5-9-18(11-10-17)13-6-3-4-7-14(13)19/h13-14,19H,3-12H2,1-2H3/t13-,14+/m0/s1. The second kappa shape index (κ2) is 7.38. The molecule has 0 aromatic rings. The predicted octanol–water partition coefficient (Wildman–Crippen LogP) is 0.386. The Bertz CT molecular complexity index is 322. The molecule has 1 amide bonds. The summed E-state index contributed by atoms with van der Waals surface area (Å²) in [5.41, 5.74) is 0. The summed E-state index contributed by atoms with van der Waals surface area (Å²) in [6, 6.07) is 0.341. The molecule has 5 heteroatoms. The maximum Gasteiger partial charge on any atom is 0.236 e. The molecule has 0 spiro atoms. The van der Waals surface area contributed by atoms with Gasteiger partial charge < -0.3 is 10.0 Å². The van der Waals surface area contributed by atoms with Gasteiger partial charge in [-0.2, -0.15) is 0 Å². The zero-order valence-corrected chi connectivity index (χ0v) is 12.9. The van der Waals surface area contributed by atoms with Crippen molar-refractivity contribution in [2.24, 2.45) is 0 Å². The van der Waals surface area contributed by atoms with Crippen LogP contribution in [0.2, 0.25) is 0 Å². The van der Waals surface area contributed by atoms with Crippen molar-refractivity contribution in [1.82, 2.24) is 14.7 Å². The Hall–Kier alpha value is -0.650. The van der Waals surface area contributed by atoms with Gasteiger partial charge in [0.2, 0.25) is 5.91 Å². The van der Waals surface area contributed by atoms with E-state index in [1.807, 2.05) is 14.1 Å². The lowest BCUT2D eigenvalue weighted by molar-refractivity contribution is -0.129. The van der Waals surface area contributed by atoms with E-state index in [0.717, 1.165) is 51.9 Å². The van der Waals surface area contributed by atoms with Crippen molar-refractivity contribution in [3.05, 3.63) is 0 Å². The maximum absolute atomic E-state index is 11.8. The zero-order valence-electron chi connectivity index (χ0n) is 12.9. The number of aliphatic hydroxyl groups is 1. The van der Waals surface area contributed by atoms with Crippen LogP contribution in [0.15, 0.2) is 0 Å². The van der Waals surface area contributed by atoms with Gasteiger partial charge in [-0.3, -0.25) is 14.6 Å². The Morgan fingerprint density at radius 3 is 2.55 bits per heavy atom. The van der Waals surface area contributed by atoms with E-state index in [9.17, 15) is 9.90 Å². The van der Waals surface area contributed by atoms with Gasteiger partial charge in [0, 0.05) is 33.2 Å². The highest BCUT2D eigenvalue weighted by Gasteiger charge is 2.30. The van der Waals surface area contributed by atoms with E-state index in [1.54, 1.807) is 4.90 Å². The minimum absolute atomic E-state index is 0.154. The number of nitrogens with zero attached hydrogens (tertiary/aromatic N) is 3. The van der Waals surface area contributed by atoms with E-state index in [1.165, 1.54) is 6.42 Å². The lowest BCUT2D eigenvalue weighted by atomic mass is 9.91. The molecule has 0 radical (unpaired) electrons. The molecule has 2 rings (SSSR count). The summed E-state index contributed by atoms with van der Waals surface area (Å²) in [7, 11) is 3.62. The first-order valence-corrected chi connectivity index (χ1v) is 7.92. The first-order chi connectivity index (χ1) is 9.58. The van der Waals surface area contributed by atoms with Gasteiger partial charge in [-0.15, -0.1) is 0 Å². The third-order valence-electron chi connectivity index (χ3n) is 4.64. The minimum atomic E-state index is -0.154. The lowest BCUT2D eigenvalue weighted by Crippen LogP contribution is -2.47. The summed E-state index contributed by atoms with van der Waals surface area (Å²) in [4.78, 5) is 18.1. The summed E-state index contributed by atoms with van der Waals surface area (Å²) in [6.07, 6.45) is 5.40. The third-order valence-corrected chi connectivity index (χ3v) is 4.64. The van der Waals surface area contributed by atoms with E-state index in [2.05, 4.69) is 9.80 Å². The summed E-state index contributed by atoms with van der Waals surface area (Å²) >= 11 is 0.